The molecule has 1 aromatic carbocycles. The Kier molecular flexibility index (Phi) is 4.07. The number of benzene rings is 1. The van der Waals surface area contributed by atoms with Gasteiger partial charge in [-0.15, -0.1) is 0 Å². The molecule has 0 aliphatic carbocycles. The zero-order valence-electron chi connectivity index (χ0n) is 10.0. The van der Waals surface area contributed by atoms with Crippen LogP contribution >= 0.6 is 23.2 Å². The van der Waals surface area contributed by atoms with Gasteiger partial charge in [-0.25, -0.2) is 8.78 Å². The van der Waals surface area contributed by atoms with Gasteiger partial charge in [-0.3, -0.25) is 4.98 Å². The average Bonchev–Trinajstić information content (AvgIpc) is 2.30. The van der Waals surface area contributed by atoms with Crippen LogP contribution in [-0.2, 0) is 5.92 Å². The molecule has 99 valence electrons. The number of nitrogens with zero attached hydrogens (tertiary/aromatic N) is 1. The largest absolute Gasteiger partial charge is 0.271 e. The van der Waals surface area contributed by atoms with Crippen LogP contribution in [0.3, 0.4) is 0 Å². The molecule has 0 spiro atoms. The molecule has 1 nitrogen and oxygen atoms in total. The van der Waals surface area contributed by atoms with Gasteiger partial charge in [0.25, 0.3) is 5.92 Å². The first-order valence-electron chi connectivity index (χ1n) is 5.49. The second kappa shape index (κ2) is 5.43. The molecule has 1 heterocycles. The standard InChI is InChI=1S/C14H10Cl2F2N/c1-14(17,18)12-6-9(2-3-13(12)16)4-10-5-11(15)8-19-7-10/h2-8H,1H3. The van der Waals surface area contributed by atoms with Crippen molar-refractivity contribution >= 4 is 23.2 Å². The Bertz CT molecular complexity index is 594. The van der Waals surface area contributed by atoms with Crippen molar-refractivity contribution < 1.29 is 8.78 Å². The maximum atomic E-state index is 13.4. The number of pyridine rings is 1. The molecule has 0 aliphatic rings. The number of hydrogen-bond acceptors (Lipinski definition) is 1. The highest BCUT2D eigenvalue weighted by Gasteiger charge is 2.27. The summed E-state index contributed by atoms with van der Waals surface area (Å²) in [5.74, 6) is -2.98. The lowest BCUT2D eigenvalue weighted by Crippen LogP contribution is -2.08. The van der Waals surface area contributed by atoms with Gasteiger partial charge in [-0.05, 0) is 29.3 Å². The minimum Gasteiger partial charge on any atom is -0.263 e. The molecular weight excluding hydrogens is 291 g/mol. The maximum absolute atomic E-state index is 13.4. The van der Waals surface area contributed by atoms with Gasteiger partial charge in [0.05, 0.1) is 5.02 Å². The summed E-state index contributed by atoms with van der Waals surface area (Å²) in [4.78, 5) is 3.93. The lowest BCUT2D eigenvalue weighted by Gasteiger charge is -2.14. The van der Waals surface area contributed by atoms with Crippen LogP contribution in [0.4, 0.5) is 8.78 Å². The topological polar surface area (TPSA) is 12.9 Å². The molecule has 1 radical (unpaired) electrons. The van der Waals surface area contributed by atoms with E-state index in [4.69, 9.17) is 23.2 Å². The van der Waals surface area contributed by atoms with Crippen molar-refractivity contribution in [1.82, 2.24) is 4.98 Å². The highest BCUT2D eigenvalue weighted by atomic mass is 35.5. The summed E-state index contributed by atoms with van der Waals surface area (Å²) >= 11 is 11.6. The fourth-order valence-corrected chi connectivity index (χ4v) is 2.13. The van der Waals surface area contributed by atoms with E-state index in [0.717, 1.165) is 12.5 Å². The third-order valence-corrected chi connectivity index (χ3v) is 3.06. The van der Waals surface area contributed by atoms with Crippen LogP contribution in [0.2, 0.25) is 10.0 Å². The monoisotopic (exact) mass is 300 g/mol. The Morgan fingerprint density at radius 2 is 1.84 bits per heavy atom. The predicted molar refractivity (Wildman–Crippen MR) is 72.8 cm³/mol. The molecule has 2 rings (SSSR count). The maximum Gasteiger partial charge on any atom is 0.271 e. The Morgan fingerprint density at radius 3 is 2.47 bits per heavy atom. The molecule has 0 unspecified atom stereocenters. The van der Waals surface area contributed by atoms with Gasteiger partial charge in [0.1, 0.15) is 0 Å². The Hall–Kier alpha value is -1.19. The summed E-state index contributed by atoms with van der Waals surface area (Å²) in [6, 6.07) is 6.19. The zero-order chi connectivity index (χ0) is 14.0. The van der Waals surface area contributed by atoms with Gasteiger partial charge in [0.2, 0.25) is 0 Å². The second-order valence-corrected chi connectivity index (χ2v) is 5.05. The minimum atomic E-state index is -2.98. The molecule has 0 fully saturated rings. The summed E-state index contributed by atoms with van der Waals surface area (Å²) in [6.07, 6.45) is 4.82. The number of alkyl halides is 2. The van der Waals surface area contributed by atoms with Crippen LogP contribution in [0.5, 0.6) is 0 Å². The molecule has 19 heavy (non-hydrogen) atoms. The average molecular weight is 301 g/mol. The lowest BCUT2D eigenvalue weighted by molar-refractivity contribution is 0.0175. The molecule has 0 atom stereocenters. The zero-order valence-corrected chi connectivity index (χ0v) is 11.5. The van der Waals surface area contributed by atoms with E-state index in [1.54, 1.807) is 24.8 Å². The molecule has 0 saturated heterocycles. The van der Waals surface area contributed by atoms with Crippen molar-refractivity contribution in [2.75, 3.05) is 0 Å². The number of hydrogen-bond donors (Lipinski definition) is 0. The van der Waals surface area contributed by atoms with Crippen LogP contribution in [0.25, 0.3) is 0 Å². The molecule has 0 bridgehead atoms. The first-order chi connectivity index (χ1) is 8.86. The van der Waals surface area contributed by atoms with Crippen LogP contribution in [-0.4, -0.2) is 4.98 Å². The van der Waals surface area contributed by atoms with Crippen LogP contribution < -0.4 is 0 Å². The van der Waals surface area contributed by atoms with Gasteiger partial charge < -0.3 is 0 Å². The third kappa shape index (κ3) is 3.64. The fourth-order valence-electron chi connectivity index (χ4n) is 1.67. The third-order valence-electron chi connectivity index (χ3n) is 2.52. The van der Waals surface area contributed by atoms with Crippen LogP contribution in [0.15, 0.2) is 36.7 Å². The summed E-state index contributed by atoms with van der Waals surface area (Å²) < 4.78 is 26.7. The quantitative estimate of drug-likeness (QED) is 0.768. The molecule has 0 aliphatic heterocycles. The summed E-state index contributed by atoms with van der Waals surface area (Å²) in [6.45, 7) is 0.818. The molecule has 1 aromatic heterocycles. The molecular formula is C14H10Cl2F2N. The van der Waals surface area contributed by atoms with Crippen molar-refractivity contribution in [3.63, 3.8) is 0 Å². The normalized spacial score (nSPS) is 11.6. The van der Waals surface area contributed by atoms with Crippen molar-refractivity contribution in [2.24, 2.45) is 0 Å². The molecule has 2 aromatic rings. The number of halogens is 4. The van der Waals surface area contributed by atoms with Crippen molar-refractivity contribution in [1.29, 1.82) is 0 Å². The van der Waals surface area contributed by atoms with Crippen LogP contribution in [0.1, 0.15) is 23.6 Å². The van der Waals surface area contributed by atoms with E-state index in [1.807, 2.05) is 0 Å². The first-order valence-corrected chi connectivity index (χ1v) is 6.25. The lowest BCUT2D eigenvalue weighted by atomic mass is 10.0. The van der Waals surface area contributed by atoms with Gasteiger partial charge in [0.15, 0.2) is 0 Å². The van der Waals surface area contributed by atoms with Crippen molar-refractivity contribution in [2.45, 2.75) is 12.8 Å². The van der Waals surface area contributed by atoms with Crippen LogP contribution in [0, 0.1) is 6.42 Å². The Balaban J connectivity index is 2.32. The highest BCUT2D eigenvalue weighted by Crippen LogP contribution is 2.34. The van der Waals surface area contributed by atoms with Crippen molar-refractivity contribution in [3.8, 4) is 0 Å². The van der Waals surface area contributed by atoms with E-state index in [0.29, 0.717) is 10.6 Å². The van der Waals surface area contributed by atoms with Gasteiger partial charge >= 0.3 is 0 Å². The predicted octanol–water partition coefficient (Wildman–Crippen LogP) is 5.10. The van der Waals surface area contributed by atoms with Gasteiger partial charge in [-0.1, -0.05) is 29.3 Å². The van der Waals surface area contributed by atoms with Gasteiger partial charge in [0, 0.05) is 36.3 Å². The smallest absolute Gasteiger partial charge is 0.263 e. The summed E-state index contributed by atoms with van der Waals surface area (Å²) in [5, 5.41) is 0.539. The summed E-state index contributed by atoms with van der Waals surface area (Å²) in [5.41, 5.74) is 1.16. The van der Waals surface area contributed by atoms with Crippen molar-refractivity contribution in [3.05, 3.63) is 69.8 Å². The second-order valence-electron chi connectivity index (χ2n) is 4.21. The number of aromatic nitrogens is 1. The SMILES string of the molecule is CC(F)(F)c1cc([CH]c2cncc(Cl)c2)ccc1Cl. The first kappa shape index (κ1) is 14.2. The van der Waals surface area contributed by atoms with E-state index in [1.165, 1.54) is 18.3 Å². The summed E-state index contributed by atoms with van der Waals surface area (Å²) in [7, 11) is 0. The molecule has 0 saturated carbocycles. The van der Waals surface area contributed by atoms with E-state index in [2.05, 4.69) is 4.98 Å². The Labute approximate surface area is 120 Å². The molecule has 0 amide bonds. The van der Waals surface area contributed by atoms with E-state index < -0.39 is 5.92 Å². The highest BCUT2D eigenvalue weighted by molar-refractivity contribution is 6.31. The van der Waals surface area contributed by atoms with E-state index in [-0.39, 0.29) is 10.6 Å². The number of rotatable bonds is 3. The van der Waals surface area contributed by atoms with E-state index >= 15 is 0 Å². The van der Waals surface area contributed by atoms with E-state index in [9.17, 15) is 8.78 Å². The fraction of sp³-hybridized carbons (Fsp3) is 0.143. The minimum absolute atomic E-state index is 0.0499. The van der Waals surface area contributed by atoms with Gasteiger partial charge in [-0.2, -0.15) is 0 Å². The Morgan fingerprint density at radius 1 is 1.11 bits per heavy atom. The molecule has 5 heteroatoms. The molecule has 0 N–H and O–H groups in total.